The molecule has 0 radical (unpaired) electrons. The van der Waals surface area contributed by atoms with Crippen LogP contribution in [0.5, 0.6) is 0 Å². The Kier molecular flexibility index (Phi) is 3.86. The highest BCUT2D eigenvalue weighted by molar-refractivity contribution is 5.80. The van der Waals surface area contributed by atoms with Gasteiger partial charge in [-0.25, -0.2) is 0 Å². The summed E-state index contributed by atoms with van der Waals surface area (Å²) in [7, 11) is 0. The molecule has 0 saturated carbocycles. The predicted octanol–water partition coefficient (Wildman–Crippen LogP) is 1.03. The monoisotopic (exact) mass is 247 g/mol. The van der Waals surface area contributed by atoms with E-state index in [2.05, 4.69) is 10.3 Å². The lowest BCUT2D eigenvalue weighted by molar-refractivity contribution is 0.105. The topological polar surface area (TPSA) is 94.3 Å². The summed E-state index contributed by atoms with van der Waals surface area (Å²) in [5.41, 5.74) is 9.32. The molecule has 2 rings (SSSR count). The molecular formula is C13H17N3O2. The third-order valence-corrected chi connectivity index (χ3v) is 2.69. The standard InChI is InChI=1S/C13H17N3O2/c14-10-1-2-13(16-7-11(18)8-17)12(5-10)9-3-4-15-6-9/h1-6,11,15-18H,7-8,14H2. The molecule has 1 heterocycles. The second-order valence-electron chi connectivity index (χ2n) is 4.12. The van der Waals surface area contributed by atoms with E-state index in [-0.39, 0.29) is 13.2 Å². The van der Waals surface area contributed by atoms with E-state index in [1.807, 2.05) is 30.6 Å². The Morgan fingerprint density at radius 1 is 1.33 bits per heavy atom. The number of nitrogen functional groups attached to an aromatic ring is 1. The van der Waals surface area contributed by atoms with Crippen molar-refractivity contribution in [2.75, 3.05) is 24.2 Å². The van der Waals surface area contributed by atoms with Gasteiger partial charge >= 0.3 is 0 Å². The maximum Gasteiger partial charge on any atom is 0.0942 e. The fraction of sp³-hybridized carbons (Fsp3) is 0.231. The molecule has 5 nitrogen and oxygen atoms in total. The largest absolute Gasteiger partial charge is 0.399 e. The Labute approximate surface area is 105 Å². The Morgan fingerprint density at radius 2 is 2.17 bits per heavy atom. The molecule has 1 aromatic carbocycles. The summed E-state index contributed by atoms with van der Waals surface area (Å²) in [5, 5.41) is 21.2. The first kappa shape index (κ1) is 12.5. The Morgan fingerprint density at radius 3 is 2.83 bits per heavy atom. The number of rotatable bonds is 5. The highest BCUT2D eigenvalue weighted by Gasteiger charge is 2.08. The molecule has 0 bridgehead atoms. The van der Waals surface area contributed by atoms with Crippen LogP contribution in [0.3, 0.4) is 0 Å². The molecule has 0 aliphatic heterocycles. The van der Waals surface area contributed by atoms with Gasteiger partial charge in [-0.1, -0.05) is 0 Å². The van der Waals surface area contributed by atoms with Gasteiger partial charge in [0.05, 0.1) is 12.7 Å². The first-order valence-corrected chi connectivity index (χ1v) is 5.76. The van der Waals surface area contributed by atoms with Gasteiger partial charge in [-0.15, -0.1) is 0 Å². The lowest BCUT2D eigenvalue weighted by atomic mass is 10.1. The number of hydrogen-bond acceptors (Lipinski definition) is 4. The highest BCUT2D eigenvalue weighted by Crippen LogP contribution is 2.29. The van der Waals surface area contributed by atoms with Gasteiger partial charge in [0, 0.05) is 41.4 Å². The number of nitrogens with one attached hydrogen (secondary N) is 2. The third kappa shape index (κ3) is 2.82. The van der Waals surface area contributed by atoms with Crippen LogP contribution in [0.4, 0.5) is 11.4 Å². The number of hydrogen-bond donors (Lipinski definition) is 5. The maximum absolute atomic E-state index is 9.35. The van der Waals surface area contributed by atoms with Crippen molar-refractivity contribution in [1.82, 2.24) is 4.98 Å². The van der Waals surface area contributed by atoms with Gasteiger partial charge in [0.15, 0.2) is 0 Å². The number of aliphatic hydroxyl groups excluding tert-OH is 2. The molecule has 18 heavy (non-hydrogen) atoms. The minimum atomic E-state index is -0.776. The number of aliphatic hydroxyl groups is 2. The summed E-state index contributed by atoms with van der Waals surface area (Å²) in [5.74, 6) is 0. The minimum absolute atomic E-state index is 0.262. The number of nitrogens with two attached hydrogens (primary N) is 1. The fourth-order valence-corrected chi connectivity index (χ4v) is 1.74. The van der Waals surface area contributed by atoms with Crippen molar-refractivity contribution < 1.29 is 10.2 Å². The second-order valence-corrected chi connectivity index (χ2v) is 4.12. The van der Waals surface area contributed by atoms with Crippen LogP contribution < -0.4 is 11.1 Å². The van der Waals surface area contributed by atoms with E-state index in [0.29, 0.717) is 5.69 Å². The van der Waals surface area contributed by atoms with E-state index >= 15 is 0 Å². The number of anilines is 2. The zero-order valence-corrected chi connectivity index (χ0v) is 9.93. The van der Waals surface area contributed by atoms with Crippen LogP contribution in [0.15, 0.2) is 36.7 Å². The van der Waals surface area contributed by atoms with Gasteiger partial charge in [-0.2, -0.15) is 0 Å². The van der Waals surface area contributed by atoms with Crippen LogP contribution in [0, 0.1) is 0 Å². The van der Waals surface area contributed by atoms with Crippen molar-refractivity contribution >= 4 is 11.4 Å². The molecule has 5 heteroatoms. The van der Waals surface area contributed by atoms with Gasteiger partial charge in [0.2, 0.25) is 0 Å². The SMILES string of the molecule is Nc1ccc(NCC(O)CO)c(-c2cc[nH]c2)c1. The summed E-state index contributed by atoms with van der Waals surface area (Å²) in [4.78, 5) is 2.99. The molecule has 1 aromatic heterocycles. The second kappa shape index (κ2) is 5.57. The lowest BCUT2D eigenvalue weighted by Crippen LogP contribution is -2.23. The number of aromatic amines is 1. The van der Waals surface area contributed by atoms with Crippen molar-refractivity contribution in [3.63, 3.8) is 0 Å². The maximum atomic E-state index is 9.35. The smallest absolute Gasteiger partial charge is 0.0942 e. The summed E-state index contributed by atoms with van der Waals surface area (Å²) in [6.45, 7) is 0.0271. The number of aromatic nitrogens is 1. The third-order valence-electron chi connectivity index (χ3n) is 2.69. The molecule has 2 aromatic rings. The van der Waals surface area contributed by atoms with E-state index in [4.69, 9.17) is 10.8 Å². The van der Waals surface area contributed by atoms with Crippen LogP contribution in [0.25, 0.3) is 11.1 Å². The molecule has 0 aliphatic carbocycles. The molecule has 6 N–H and O–H groups in total. The van der Waals surface area contributed by atoms with E-state index in [0.717, 1.165) is 16.8 Å². The van der Waals surface area contributed by atoms with E-state index in [1.54, 1.807) is 6.07 Å². The fourth-order valence-electron chi connectivity index (χ4n) is 1.74. The molecule has 0 aliphatic rings. The summed E-state index contributed by atoms with van der Waals surface area (Å²) >= 11 is 0. The summed E-state index contributed by atoms with van der Waals surface area (Å²) in [6.07, 6.45) is 2.94. The quantitative estimate of drug-likeness (QED) is 0.510. The van der Waals surface area contributed by atoms with Crippen molar-refractivity contribution in [2.24, 2.45) is 0 Å². The van der Waals surface area contributed by atoms with Crippen molar-refractivity contribution in [1.29, 1.82) is 0 Å². The van der Waals surface area contributed by atoms with Crippen LogP contribution in [0.2, 0.25) is 0 Å². The first-order chi connectivity index (χ1) is 8.70. The zero-order valence-electron chi connectivity index (χ0n) is 9.93. The Balaban J connectivity index is 2.24. The highest BCUT2D eigenvalue weighted by atomic mass is 16.3. The lowest BCUT2D eigenvalue weighted by Gasteiger charge is -2.14. The van der Waals surface area contributed by atoms with Gasteiger partial charge in [0.25, 0.3) is 0 Å². The van der Waals surface area contributed by atoms with Crippen LogP contribution in [-0.4, -0.2) is 34.5 Å². The van der Waals surface area contributed by atoms with Crippen LogP contribution >= 0.6 is 0 Å². The zero-order chi connectivity index (χ0) is 13.0. The molecule has 0 spiro atoms. The van der Waals surface area contributed by atoms with Crippen molar-refractivity contribution in [2.45, 2.75) is 6.10 Å². The molecule has 1 atom stereocenters. The molecule has 1 unspecified atom stereocenters. The minimum Gasteiger partial charge on any atom is -0.399 e. The van der Waals surface area contributed by atoms with E-state index < -0.39 is 6.10 Å². The average Bonchev–Trinajstić information content (AvgIpc) is 2.90. The van der Waals surface area contributed by atoms with Gasteiger partial charge in [0.1, 0.15) is 0 Å². The van der Waals surface area contributed by atoms with E-state index in [9.17, 15) is 5.11 Å². The van der Waals surface area contributed by atoms with Crippen molar-refractivity contribution in [3.8, 4) is 11.1 Å². The van der Waals surface area contributed by atoms with Gasteiger partial charge < -0.3 is 26.2 Å². The summed E-state index contributed by atoms with van der Waals surface area (Å²) < 4.78 is 0. The number of benzene rings is 1. The summed E-state index contributed by atoms with van der Waals surface area (Å²) in [6, 6.07) is 7.48. The number of H-pyrrole nitrogens is 1. The molecular weight excluding hydrogens is 230 g/mol. The first-order valence-electron chi connectivity index (χ1n) is 5.76. The van der Waals surface area contributed by atoms with Crippen molar-refractivity contribution in [3.05, 3.63) is 36.7 Å². The Hall–Kier alpha value is -1.98. The predicted molar refractivity (Wildman–Crippen MR) is 72.2 cm³/mol. The van der Waals surface area contributed by atoms with Crippen LogP contribution in [0.1, 0.15) is 0 Å². The molecule has 0 fully saturated rings. The Bertz CT molecular complexity index is 497. The van der Waals surface area contributed by atoms with Gasteiger partial charge in [-0.3, -0.25) is 0 Å². The van der Waals surface area contributed by atoms with Gasteiger partial charge in [-0.05, 0) is 24.3 Å². The van der Waals surface area contributed by atoms with Crippen LogP contribution in [-0.2, 0) is 0 Å². The molecule has 0 saturated heterocycles. The van der Waals surface area contributed by atoms with E-state index in [1.165, 1.54) is 0 Å². The average molecular weight is 247 g/mol. The molecule has 0 amide bonds. The normalized spacial score (nSPS) is 12.3. The molecule has 96 valence electrons.